The Morgan fingerprint density at radius 2 is 0.951 bits per heavy atom. The Labute approximate surface area is 247 Å². The summed E-state index contributed by atoms with van der Waals surface area (Å²) >= 11 is 0. The van der Waals surface area contributed by atoms with E-state index in [-0.39, 0.29) is 23.7 Å². The molecule has 11 heteroatoms. The SMILES string of the molecule is CC(C)C[C@@H]([C]=O)NC(=O)[C@H](CC(C)C)NC(=O)[C@H](CC(C)C)NC(=O)[C@H](CC(C)C)NC(=O)[C@@H](N)CCCCN. The molecule has 41 heavy (non-hydrogen) atoms. The average molecular weight is 582 g/mol. The van der Waals surface area contributed by atoms with Crippen molar-refractivity contribution in [1.82, 2.24) is 21.3 Å². The molecule has 8 N–H and O–H groups in total. The van der Waals surface area contributed by atoms with E-state index in [1.54, 1.807) is 0 Å². The van der Waals surface area contributed by atoms with E-state index in [9.17, 15) is 24.0 Å². The molecular weight excluding hydrogens is 524 g/mol. The zero-order chi connectivity index (χ0) is 31.7. The van der Waals surface area contributed by atoms with E-state index in [0.717, 1.165) is 6.42 Å². The molecule has 1 radical (unpaired) electrons. The number of hydrogen-bond acceptors (Lipinski definition) is 7. The molecule has 11 nitrogen and oxygen atoms in total. The van der Waals surface area contributed by atoms with E-state index >= 15 is 0 Å². The maximum atomic E-state index is 13.5. The van der Waals surface area contributed by atoms with Gasteiger partial charge in [0.05, 0.1) is 12.1 Å². The summed E-state index contributed by atoms with van der Waals surface area (Å²) in [7, 11) is 0. The number of rotatable bonds is 21. The number of amides is 4. The van der Waals surface area contributed by atoms with Crippen LogP contribution in [-0.2, 0) is 24.0 Å². The van der Waals surface area contributed by atoms with Gasteiger partial charge in [-0.3, -0.25) is 24.0 Å². The second-order valence-corrected chi connectivity index (χ2v) is 12.8. The van der Waals surface area contributed by atoms with Gasteiger partial charge in [0.1, 0.15) is 18.1 Å². The fourth-order valence-electron chi connectivity index (χ4n) is 4.45. The van der Waals surface area contributed by atoms with Crippen LogP contribution in [0.3, 0.4) is 0 Å². The van der Waals surface area contributed by atoms with Crippen LogP contribution in [0.2, 0.25) is 0 Å². The highest BCUT2D eigenvalue weighted by atomic mass is 16.2. The summed E-state index contributed by atoms with van der Waals surface area (Å²) in [4.78, 5) is 64.1. The molecular formula is C30H57N6O5. The topological polar surface area (TPSA) is 186 Å². The lowest BCUT2D eigenvalue weighted by Gasteiger charge is -2.28. The molecule has 0 aromatic carbocycles. The highest BCUT2D eigenvalue weighted by Crippen LogP contribution is 2.12. The Bertz CT molecular complexity index is 817. The van der Waals surface area contributed by atoms with Gasteiger partial charge in [0.2, 0.25) is 29.9 Å². The Hall–Kier alpha value is -2.53. The van der Waals surface area contributed by atoms with Crippen LogP contribution >= 0.6 is 0 Å². The number of carbonyl (C=O) groups excluding carboxylic acids is 5. The molecule has 0 aromatic heterocycles. The second kappa shape index (κ2) is 20.4. The molecule has 0 heterocycles. The molecule has 0 saturated carbocycles. The molecule has 5 atom stereocenters. The summed E-state index contributed by atoms with van der Waals surface area (Å²) in [6, 6.07) is -4.24. The van der Waals surface area contributed by atoms with Gasteiger partial charge in [-0.1, -0.05) is 61.8 Å². The van der Waals surface area contributed by atoms with Crippen LogP contribution in [0.15, 0.2) is 0 Å². The summed E-state index contributed by atoms with van der Waals surface area (Å²) in [6.07, 6.45) is 5.25. The van der Waals surface area contributed by atoms with Gasteiger partial charge in [0.25, 0.3) is 0 Å². The average Bonchev–Trinajstić information content (AvgIpc) is 2.85. The van der Waals surface area contributed by atoms with Crippen LogP contribution in [0.25, 0.3) is 0 Å². The normalized spacial score (nSPS) is 15.3. The van der Waals surface area contributed by atoms with Gasteiger partial charge in [-0.15, -0.1) is 0 Å². The Morgan fingerprint density at radius 3 is 1.29 bits per heavy atom. The van der Waals surface area contributed by atoms with E-state index in [4.69, 9.17) is 11.5 Å². The molecule has 237 valence electrons. The van der Waals surface area contributed by atoms with Crippen LogP contribution in [0.1, 0.15) is 100 Å². The summed E-state index contributed by atoms with van der Waals surface area (Å²) in [5, 5.41) is 11.1. The summed E-state index contributed by atoms with van der Waals surface area (Å²) in [6.45, 7) is 16.0. The van der Waals surface area contributed by atoms with Gasteiger partial charge < -0.3 is 32.7 Å². The van der Waals surface area contributed by atoms with Crippen molar-refractivity contribution >= 4 is 29.9 Å². The molecule has 0 saturated heterocycles. The maximum absolute atomic E-state index is 13.5. The third-order valence-electron chi connectivity index (χ3n) is 6.49. The second-order valence-electron chi connectivity index (χ2n) is 12.8. The number of nitrogens with one attached hydrogen (secondary N) is 4. The molecule has 0 bridgehead atoms. The minimum absolute atomic E-state index is 0.0534. The number of unbranched alkanes of at least 4 members (excludes halogenated alkanes) is 1. The Morgan fingerprint density at radius 1 is 0.585 bits per heavy atom. The van der Waals surface area contributed by atoms with Crippen LogP contribution in [0, 0.1) is 23.7 Å². The van der Waals surface area contributed by atoms with Crippen molar-refractivity contribution in [2.24, 2.45) is 35.1 Å². The molecule has 0 aliphatic heterocycles. The standard InChI is InChI=1S/C30H57N6O5/c1-18(2)13-22(17-37)33-28(39)24(14-19(3)4)35-30(41)26(16-21(7)8)36-29(40)25(15-20(5)6)34-27(38)23(32)11-9-10-12-31/h18-26H,9-16,31-32H2,1-8H3,(H,33,39)(H,34,38)(H,35,41)(H,36,40)/t22-,23-,24-,25-,26-/m0/s1. The first kappa shape index (κ1) is 38.5. The monoisotopic (exact) mass is 581 g/mol. The maximum Gasteiger partial charge on any atom is 0.243 e. The van der Waals surface area contributed by atoms with Crippen LogP contribution in [0.4, 0.5) is 0 Å². The van der Waals surface area contributed by atoms with Gasteiger partial charge in [-0.2, -0.15) is 0 Å². The van der Waals surface area contributed by atoms with Crippen LogP contribution in [0.5, 0.6) is 0 Å². The van der Waals surface area contributed by atoms with Crippen molar-refractivity contribution in [3.05, 3.63) is 0 Å². The molecule has 0 aromatic rings. The van der Waals surface area contributed by atoms with Gasteiger partial charge in [-0.05, 0) is 68.7 Å². The number of nitrogens with two attached hydrogens (primary N) is 2. The highest BCUT2D eigenvalue weighted by molar-refractivity contribution is 5.95. The molecule has 0 spiro atoms. The van der Waals surface area contributed by atoms with Gasteiger partial charge in [0, 0.05) is 0 Å². The lowest BCUT2D eigenvalue weighted by Crippen LogP contribution is -2.58. The molecule has 0 rings (SSSR count). The molecule has 4 amide bonds. The zero-order valence-electron chi connectivity index (χ0n) is 26.5. The molecule has 0 fully saturated rings. The minimum atomic E-state index is -0.932. The first-order chi connectivity index (χ1) is 19.1. The van der Waals surface area contributed by atoms with Crippen molar-refractivity contribution in [1.29, 1.82) is 0 Å². The van der Waals surface area contributed by atoms with E-state index in [2.05, 4.69) is 21.3 Å². The van der Waals surface area contributed by atoms with Crippen molar-refractivity contribution in [2.75, 3.05) is 6.54 Å². The fraction of sp³-hybridized carbons (Fsp3) is 0.833. The first-order valence-corrected chi connectivity index (χ1v) is 15.2. The third-order valence-corrected chi connectivity index (χ3v) is 6.49. The van der Waals surface area contributed by atoms with Crippen LogP contribution < -0.4 is 32.7 Å². The number of carbonyl (C=O) groups is 4. The fourth-order valence-corrected chi connectivity index (χ4v) is 4.45. The van der Waals surface area contributed by atoms with E-state index in [0.29, 0.717) is 45.1 Å². The lowest BCUT2D eigenvalue weighted by atomic mass is 9.98. The number of hydrogen-bond donors (Lipinski definition) is 6. The smallest absolute Gasteiger partial charge is 0.243 e. The molecule has 0 unspecified atom stereocenters. The predicted molar refractivity (Wildman–Crippen MR) is 162 cm³/mol. The molecule has 0 aliphatic carbocycles. The van der Waals surface area contributed by atoms with Gasteiger partial charge in [0.15, 0.2) is 0 Å². The summed E-state index contributed by atoms with van der Waals surface area (Å²) in [5.74, 6) is -1.50. The van der Waals surface area contributed by atoms with Crippen molar-refractivity contribution in [3.63, 3.8) is 0 Å². The summed E-state index contributed by atoms with van der Waals surface area (Å²) < 4.78 is 0. The third kappa shape index (κ3) is 17.1. The van der Waals surface area contributed by atoms with Crippen molar-refractivity contribution in [3.8, 4) is 0 Å². The van der Waals surface area contributed by atoms with E-state index in [1.165, 1.54) is 0 Å². The van der Waals surface area contributed by atoms with Gasteiger partial charge >= 0.3 is 0 Å². The Kier molecular flexibility index (Phi) is 19.1. The van der Waals surface area contributed by atoms with E-state index in [1.807, 2.05) is 61.7 Å². The van der Waals surface area contributed by atoms with Crippen molar-refractivity contribution in [2.45, 2.75) is 131 Å². The Balaban J connectivity index is 5.73. The quantitative estimate of drug-likeness (QED) is 0.111. The minimum Gasteiger partial charge on any atom is -0.344 e. The van der Waals surface area contributed by atoms with Gasteiger partial charge in [-0.25, -0.2) is 0 Å². The molecule has 0 aliphatic rings. The highest BCUT2D eigenvalue weighted by Gasteiger charge is 2.32. The first-order valence-electron chi connectivity index (χ1n) is 15.2. The largest absolute Gasteiger partial charge is 0.344 e. The zero-order valence-corrected chi connectivity index (χ0v) is 26.5. The lowest BCUT2D eigenvalue weighted by molar-refractivity contribution is -0.134. The summed E-state index contributed by atoms with van der Waals surface area (Å²) in [5.41, 5.74) is 11.6. The van der Waals surface area contributed by atoms with Crippen LogP contribution in [-0.4, -0.2) is 66.7 Å². The predicted octanol–water partition coefficient (Wildman–Crippen LogP) is 1.68. The van der Waals surface area contributed by atoms with E-state index < -0.39 is 53.8 Å². The van der Waals surface area contributed by atoms with Crippen molar-refractivity contribution < 1.29 is 24.0 Å².